The number of nitrogen functional groups attached to an aromatic ring is 1. The first-order valence-corrected chi connectivity index (χ1v) is 9.84. The van der Waals surface area contributed by atoms with Crippen molar-refractivity contribution in [1.29, 1.82) is 0 Å². The Morgan fingerprint density at radius 2 is 1.73 bits per heavy atom. The summed E-state index contributed by atoms with van der Waals surface area (Å²) in [4.78, 5) is 2.15. The van der Waals surface area contributed by atoms with Crippen LogP contribution < -0.4 is 5.73 Å². The average molecular weight is 414 g/mol. The van der Waals surface area contributed by atoms with Crippen LogP contribution in [0.3, 0.4) is 0 Å². The molecule has 0 spiro atoms. The van der Waals surface area contributed by atoms with Crippen molar-refractivity contribution in [3.63, 3.8) is 0 Å². The molecular formula is C24H22F4N2. The molecule has 1 saturated heterocycles. The Labute approximate surface area is 172 Å². The summed E-state index contributed by atoms with van der Waals surface area (Å²) in [6, 6.07) is 17.8. The topological polar surface area (TPSA) is 29.3 Å². The van der Waals surface area contributed by atoms with Crippen molar-refractivity contribution >= 4 is 5.69 Å². The quantitative estimate of drug-likeness (QED) is 0.414. The molecule has 1 aliphatic heterocycles. The molecule has 2 N–H and O–H groups in total. The van der Waals surface area contributed by atoms with Gasteiger partial charge in [-0.3, -0.25) is 4.90 Å². The SMILES string of the molecule is Nc1ccc(C(F)(F)F)c([C@@H]2CCN(Cc3ccccc3)C2)c1-c1cccc(F)c1. The molecule has 156 valence electrons. The Morgan fingerprint density at radius 3 is 2.43 bits per heavy atom. The Balaban J connectivity index is 1.75. The van der Waals surface area contributed by atoms with Gasteiger partial charge in [0.1, 0.15) is 5.82 Å². The molecule has 1 fully saturated rings. The molecule has 0 aromatic heterocycles. The lowest BCUT2D eigenvalue weighted by molar-refractivity contribution is -0.138. The van der Waals surface area contributed by atoms with E-state index in [9.17, 15) is 17.6 Å². The van der Waals surface area contributed by atoms with E-state index in [-0.39, 0.29) is 22.7 Å². The third kappa shape index (κ3) is 4.19. The summed E-state index contributed by atoms with van der Waals surface area (Å²) >= 11 is 0. The largest absolute Gasteiger partial charge is 0.416 e. The lowest BCUT2D eigenvalue weighted by atomic mass is 9.85. The van der Waals surface area contributed by atoms with Gasteiger partial charge in [-0.1, -0.05) is 42.5 Å². The van der Waals surface area contributed by atoms with Gasteiger partial charge in [-0.05, 0) is 59.8 Å². The Morgan fingerprint density at radius 1 is 0.967 bits per heavy atom. The first-order valence-electron chi connectivity index (χ1n) is 9.84. The maximum absolute atomic E-state index is 13.9. The predicted molar refractivity (Wildman–Crippen MR) is 110 cm³/mol. The summed E-state index contributed by atoms with van der Waals surface area (Å²) in [5.41, 5.74) is 7.62. The van der Waals surface area contributed by atoms with E-state index in [1.165, 1.54) is 24.3 Å². The van der Waals surface area contributed by atoms with Crippen molar-refractivity contribution in [3.8, 4) is 11.1 Å². The highest BCUT2D eigenvalue weighted by Crippen LogP contribution is 2.45. The number of rotatable bonds is 4. The number of likely N-dealkylation sites (tertiary alicyclic amines) is 1. The fraction of sp³-hybridized carbons (Fsp3) is 0.250. The van der Waals surface area contributed by atoms with Crippen LogP contribution in [0.4, 0.5) is 23.2 Å². The summed E-state index contributed by atoms with van der Waals surface area (Å²) in [6.07, 6.45) is -3.93. The minimum absolute atomic E-state index is 0.170. The van der Waals surface area contributed by atoms with Crippen LogP contribution in [0, 0.1) is 5.82 Å². The fourth-order valence-corrected chi connectivity index (χ4v) is 4.33. The molecule has 4 rings (SSSR count). The molecule has 1 atom stereocenters. The molecule has 3 aromatic carbocycles. The Bertz CT molecular complexity index is 1030. The second-order valence-electron chi connectivity index (χ2n) is 7.71. The average Bonchev–Trinajstić information content (AvgIpc) is 3.15. The van der Waals surface area contributed by atoms with Gasteiger partial charge in [-0.15, -0.1) is 0 Å². The van der Waals surface area contributed by atoms with Crippen molar-refractivity contribution in [3.05, 3.63) is 89.2 Å². The first-order chi connectivity index (χ1) is 14.3. The van der Waals surface area contributed by atoms with Crippen molar-refractivity contribution < 1.29 is 17.6 Å². The minimum atomic E-state index is -4.52. The maximum atomic E-state index is 13.9. The van der Waals surface area contributed by atoms with Gasteiger partial charge in [0, 0.05) is 24.3 Å². The van der Waals surface area contributed by atoms with E-state index in [1.54, 1.807) is 6.07 Å². The highest BCUT2D eigenvalue weighted by molar-refractivity contribution is 5.81. The number of nitrogens with two attached hydrogens (primary N) is 1. The van der Waals surface area contributed by atoms with Gasteiger partial charge in [-0.25, -0.2) is 4.39 Å². The van der Waals surface area contributed by atoms with Gasteiger partial charge in [0.05, 0.1) is 5.56 Å². The van der Waals surface area contributed by atoms with Crippen molar-refractivity contribution in [2.45, 2.75) is 25.1 Å². The van der Waals surface area contributed by atoms with E-state index in [0.29, 0.717) is 31.6 Å². The van der Waals surface area contributed by atoms with E-state index >= 15 is 0 Å². The Hall–Kier alpha value is -2.86. The number of hydrogen-bond acceptors (Lipinski definition) is 2. The highest BCUT2D eigenvalue weighted by atomic mass is 19.4. The third-order valence-electron chi connectivity index (χ3n) is 5.63. The second-order valence-corrected chi connectivity index (χ2v) is 7.71. The molecule has 0 aliphatic carbocycles. The summed E-state index contributed by atoms with van der Waals surface area (Å²) < 4.78 is 55.6. The smallest absolute Gasteiger partial charge is 0.398 e. The summed E-state index contributed by atoms with van der Waals surface area (Å²) in [6.45, 7) is 1.86. The summed E-state index contributed by atoms with van der Waals surface area (Å²) in [7, 11) is 0. The third-order valence-corrected chi connectivity index (χ3v) is 5.63. The molecule has 30 heavy (non-hydrogen) atoms. The molecule has 1 aliphatic rings. The maximum Gasteiger partial charge on any atom is 0.416 e. The van der Waals surface area contributed by atoms with Crippen LogP contribution in [-0.4, -0.2) is 18.0 Å². The van der Waals surface area contributed by atoms with Gasteiger partial charge in [-0.2, -0.15) is 13.2 Å². The number of benzene rings is 3. The molecule has 2 nitrogen and oxygen atoms in total. The zero-order valence-electron chi connectivity index (χ0n) is 16.3. The van der Waals surface area contributed by atoms with Crippen LogP contribution in [-0.2, 0) is 12.7 Å². The van der Waals surface area contributed by atoms with E-state index in [4.69, 9.17) is 5.73 Å². The number of alkyl halides is 3. The number of hydrogen-bond donors (Lipinski definition) is 1. The molecule has 0 saturated carbocycles. The molecule has 1 heterocycles. The molecule has 6 heteroatoms. The van der Waals surface area contributed by atoms with Crippen LogP contribution in [0.15, 0.2) is 66.7 Å². The lowest BCUT2D eigenvalue weighted by Crippen LogP contribution is -2.21. The monoisotopic (exact) mass is 414 g/mol. The normalized spacial score (nSPS) is 17.4. The molecule has 0 bridgehead atoms. The molecule has 0 amide bonds. The number of anilines is 1. The second kappa shape index (κ2) is 8.11. The van der Waals surface area contributed by atoms with Gasteiger partial charge in [0.2, 0.25) is 0 Å². The van der Waals surface area contributed by atoms with Crippen molar-refractivity contribution in [1.82, 2.24) is 4.90 Å². The standard InChI is InChI=1S/C24H22F4N2/c25-19-8-4-7-17(13-19)23-21(29)10-9-20(24(26,27)28)22(23)18-11-12-30(15-18)14-16-5-2-1-3-6-16/h1-10,13,18H,11-12,14-15,29H2/t18-/m1/s1. The first kappa shape index (κ1) is 20.4. The van der Waals surface area contributed by atoms with E-state index < -0.39 is 17.6 Å². The van der Waals surface area contributed by atoms with Crippen LogP contribution in [0.1, 0.15) is 29.0 Å². The van der Waals surface area contributed by atoms with Crippen LogP contribution in [0.25, 0.3) is 11.1 Å². The molecule has 0 radical (unpaired) electrons. The number of nitrogens with zero attached hydrogens (tertiary/aromatic N) is 1. The molecule has 0 unspecified atom stereocenters. The van der Waals surface area contributed by atoms with Crippen molar-refractivity contribution in [2.24, 2.45) is 0 Å². The lowest BCUT2D eigenvalue weighted by Gasteiger charge is -2.24. The zero-order valence-corrected chi connectivity index (χ0v) is 16.3. The van der Waals surface area contributed by atoms with Gasteiger partial charge < -0.3 is 5.73 Å². The van der Waals surface area contributed by atoms with E-state index in [0.717, 1.165) is 11.6 Å². The van der Waals surface area contributed by atoms with Gasteiger partial charge in [0.15, 0.2) is 0 Å². The summed E-state index contributed by atoms with van der Waals surface area (Å²) in [5, 5.41) is 0. The fourth-order valence-electron chi connectivity index (χ4n) is 4.33. The molecule has 3 aromatic rings. The zero-order chi connectivity index (χ0) is 21.3. The van der Waals surface area contributed by atoms with E-state index in [2.05, 4.69) is 4.90 Å². The Kier molecular flexibility index (Phi) is 5.52. The van der Waals surface area contributed by atoms with Crippen LogP contribution >= 0.6 is 0 Å². The van der Waals surface area contributed by atoms with Crippen molar-refractivity contribution in [2.75, 3.05) is 18.8 Å². The molecular weight excluding hydrogens is 392 g/mol. The summed E-state index contributed by atoms with van der Waals surface area (Å²) in [5.74, 6) is -0.848. The predicted octanol–water partition coefficient (Wildman–Crippen LogP) is 6.08. The van der Waals surface area contributed by atoms with Gasteiger partial charge >= 0.3 is 6.18 Å². The van der Waals surface area contributed by atoms with Crippen LogP contribution in [0.5, 0.6) is 0 Å². The number of halogens is 4. The minimum Gasteiger partial charge on any atom is -0.398 e. The highest BCUT2D eigenvalue weighted by Gasteiger charge is 2.39. The van der Waals surface area contributed by atoms with Crippen LogP contribution in [0.2, 0.25) is 0 Å². The van der Waals surface area contributed by atoms with E-state index in [1.807, 2.05) is 30.3 Å². The van der Waals surface area contributed by atoms with Gasteiger partial charge in [0.25, 0.3) is 0 Å².